The van der Waals surface area contributed by atoms with Crippen molar-refractivity contribution in [1.29, 1.82) is 5.41 Å². The van der Waals surface area contributed by atoms with Crippen LogP contribution in [0, 0.1) is 35.0 Å². The predicted octanol–water partition coefficient (Wildman–Crippen LogP) is 4.77. The molecule has 204 valence electrons. The van der Waals surface area contributed by atoms with Gasteiger partial charge in [0.05, 0.1) is 5.38 Å². The summed E-state index contributed by atoms with van der Waals surface area (Å²) in [6.45, 7) is 2.67. The zero-order valence-electron chi connectivity index (χ0n) is 20.6. The van der Waals surface area contributed by atoms with E-state index < -0.39 is 35.6 Å². The van der Waals surface area contributed by atoms with E-state index >= 15 is 0 Å². The Morgan fingerprint density at radius 2 is 2.06 bits per heavy atom. The van der Waals surface area contributed by atoms with Gasteiger partial charge in [-0.25, -0.2) is 4.39 Å². The molecule has 36 heavy (non-hydrogen) atoms. The van der Waals surface area contributed by atoms with Crippen LogP contribution in [0.3, 0.4) is 0 Å². The van der Waals surface area contributed by atoms with Crippen LogP contribution in [-0.2, 0) is 11.3 Å². The van der Waals surface area contributed by atoms with Gasteiger partial charge in [0.2, 0.25) is 5.91 Å². The van der Waals surface area contributed by atoms with Crippen LogP contribution in [0.5, 0.6) is 0 Å². The molecule has 3 aliphatic rings. The Morgan fingerprint density at radius 3 is 2.72 bits per heavy atom. The molecule has 1 aromatic heterocycles. The highest BCUT2D eigenvalue weighted by molar-refractivity contribution is 6.21. The van der Waals surface area contributed by atoms with E-state index in [0.29, 0.717) is 64.5 Å². The molecule has 4 rings (SSSR count). The summed E-state index contributed by atoms with van der Waals surface area (Å²) in [5.74, 6) is -1.39. The average molecular weight is 537 g/mol. The third-order valence-electron chi connectivity index (χ3n) is 8.62. The van der Waals surface area contributed by atoms with Crippen LogP contribution in [0.2, 0.25) is 0 Å². The maximum atomic E-state index is 13.9. The van der Waals surface area contributed by atoms with Crippen LogP contribution < -0.4 is 16.3 Å². The van der Waals surface area contributed by atoms with Gasteiger partial charge in [0.25, 0.3) is 5.68 Å². The van der Waals surface area contributed by atoms with Crippen molar-refractivity contribution in [2.75, 3.05) is 6.54 Å². The highest BCUT2D eigenvalue weighted by Crippen LogP contribution is 2.44. The number of piperidine rings is 1. The number of halogens is 5. The standard InChI is InChI=1S/C25H37ClF4N4O2/c1-14(16-4-5-21(27)20(26)12-16)33-23(35)18-10-15(13-34-7-8-36-24(34)31)9-17(11-18)19-3-2-6-32-22(19)25(28,29)30/h7-8,14-22,31-32H,2-6,9-13H2,1H3,(H,33,35)/t14-,15?,16?,17?,18?,19?,20?,21?,22?/m0/s1. The fourth-order valence-electron chi connectivity index (χ4n) is 6.73. The van der Waals surface area contributed by atoms with Gasteiger partial charge >= 0.3 is 6.18 Å². The fourth-order valence-corrected chi connectivity index (χ4v) is 7.08. The van der Waals surface area contributed by atoms with Crippen LogP contribution in [0.1, 0.15) is 58.3 Å². The number of carbonyl (C=O) groups excluding carboxylic acids is 1. The van der Waals surface area contributed by atoms with Gasteiger partial charge in [0.1, 0.15) is 18.5 Å². The van der Waals surface area contributed by atoms with Gasteiger partial charge in [-0.2, -0.15) is 13.2 Å². The Hall–Kier alpha value is -1.55. The van der Waals surface area contributed by atoms with Crippen molar-refractivity contribution in [2.24, 2.45) is 29.6 Å². The maximum Gasteiger partial charge on any atom is 0.404 e. The zero-order valence-corrected chi connectivity index (χ0v) is 21.3. The first-order valence-corrected chi connectivity index (χ1v) is 13.5. The number of hydrogen-bond donors (Lipinski definition) is 3. The molecule has 3 fully saturated rings. The molecule has 2 saturated carbocycles. The lowest BCUT2D eigenvalue weighted by atomic mass is 9.66. The summed E-state index contributed by atoms with van der Waals surface area (Å²) in [5, 5.41) is 13.1. The Morgan fingerprint density at radius 1 is 1.28 bits per heavy atom. The molecule has 1 amide bonds. The molecule has 8 unspecified atom stereocenters. The first-order chi connectivity index (χ1) is 17.0. The third kappa shape index (κ3) is 6.47. The van der Waals surface area contributed by atoms with Crippen molar-refractivity contribution in [3.8, 4) is 0 Å². The summed E-state index contributed by atoms with van der Waals surface area (Å²) in [7, 11) is 0. The monoisotopic (exact) mass is 536 g/mol. The normalized spacial score (nSPS) is 36.8. The van der Waals surface area contributed by atoms with Crippen molar-refractivity contribution < 1.29 is 26.8 Å². The highest BCUT2D eigenvalue weighted by Gasteiger charge is 2.50. The van der Waals surface area contributed by atoms with Crippen molar-refractivity contribution in [2.45, 2.75) is 94.6 Å². The van der Waals surface area contributed by atoms with Crippen molar-refractivity contribution in [1.82, 2.24) is 15.2 Å². The molecule has 1 aromatic rings. The van der Waals surface area contributed by atoms with Crippen LogP contribution in [0.15, 0.2) is 16.9 Å². The number of hydrogen-bond acceptors (Lipinski definition) is 4. The van der Waals surface area contributed by atoms with E-state index in [-0.39, 0.29) is 35.4 Å². The first-order valence-electron chi connectivity index (χ1n) is 13.1. The van der Waals surface area contributed by atoms with Gasteiger partial charge in [-0.15, -0.1) is 11.6 Å². The minimum Gasteiger partial charge on any atom is -0.432 e. The molecular weight excluding hydrogens is 500 g/mol. The summed E-state index contributed by atoms with van der Waals surface area (Å²) in [6, 6.07) is -1.75. The minimum atomic E-state index is -4.34. The number of amides is 1. The summed E-state index contributed by atoms with van der Waals surface area (Å²) in [5.41, 5.74) is -0.0154. The number of nitrogens with zero attached hydrogens (tertiary/aromatic N) is 1. The number of rotatable bonds is 6. The molecule has 1 aliphatic heterocycles. The topological polar surface area (TPSA) is 83.1 Å². The molecule has 11 heteroatoms. The Kier molecular flexibility index (Phi) is 8.75. The number of aromatic nitrogens is 1. The van der Waals surface area contributed by atoms with Gasteiger partial charge < -0.3 is 15.1 Å². The molecule has 2 aliphatic carbocycles. The second kappa shape index (κ2) is 11.5. The van der Waals surface area contributed by atoms with Crippen LogP contribution in [0.25, 0.3) is 0 Å². The van der Waals surface area contributed by atoms with E-state index in [1.54, 1.807) is 10.8 Å². The maximum absolute atomic E-state index is 13.9. The number of nitrogens with one attached hydrogen (secondary N) is 3. The summed E-state index contributed by atoms with van der Waals surface area (Å²) in [4.78, 5) is 13.4. The van der Waals surface area contributed by atoms with E-state index in [2.05, 4.69) is 10.6 Å². The highest BCUT2D eigenvalue weighted by atomic mass is 35.5. The molecule has 1 saturated heterocycles. The van der Waals surface area contributed by atoms with Crippen LogP contribution in [0.4, 0.5) is 17.6 Å². The molecule has 3 N–H and O–H groups in total. The predicted molar refractivity (Wildman–Crippen MR) is 127 cm³/mol. The summed E-state index contributed by atoms with van der Waals surface area (Å²) < 4.78 is 62.1. The summed E-state index contributed by atoms with van der Waals surface area (Å²) >= 11 is 6.14. The quantitative estimate of drug-likeness (QED) is 0.362. The van der Waals surface area contributed by atoms with E-state index in [0.717, 1.165) is 0 Å². The SMILES string of the molecule is C[C@H](NC(=O)C1CC(Cn2ccoc2=N)CC(C2CCCNC2C(F)(F)F)C1)C1CCC(F)C(Cl)C1. The van der Waals surface area contributed by atoms with E-state index in [1.165, 1.54) is 6.26 Å². The van der Waals surface area contributed by atoms with E-state index in [9.17, 15) is 22.4 Å². The number of oxazole rings is 1. The van der Waals surface area contributed by atoms with Gasteiger partial charge in [-0.3, -0.25) is 14.8 Å². The molecular formula is C25H37ClF4N4O2. The summed E-state index contributed by atoms with van der Waals surface area (Å²) in [6.07, 6.45) is 1.87. The van der Waals surface area contributed by atoms with Crippen molar-refractivity contribution in [3.63, 3.8) is 0 Å². The molecule has 0 bridgehead atoms. The number of alkyl halides is 5. The second-order valence-electron chi connectivity index (χ2n) is 11.1. The Balaban J connectivity index is 1.48. The van der Waals surface area contributed by atoms with Gasteiger partial charge in [-0.05, 0) is 88.5 Å². The Labute approximate surface area is 214 Å². The van der Waals surface area contributed by atoms with Crippen molar-refractivity contribution in [3.05, 3.63) is 18.1 Å². The van der Waals surface area contributed by atoms with Crippen LogP contribution in [-0.4, -0.2) is 46.8 Å². The van der Waals surface area contributed by atoms with Gasteiger partial charge in [-0.1, -0.05) is 0 Å². The van der Waals surface area contributed by atoms with Gasteiger partial charge in [0.15, 0.2) is 0 Å². The zero-order chi connectivity index (χ0) is 26.0. The first kappa shape index (κ1) is 27.5. The fraction of sp³-hybridized carbons (Fsp3) is 0.840. The largest absolute Gasteiger partial charge is 0.432 e. The Bertz CT molecular complexity index is 938. The lowest BCUT2D eigenvalue weighted by Gasteiger charge is -2.44. The van der Waals surface area contributed by atoms with Crippen LogP contribution >= 0.6 is 11.6 Å². The van der Waals surface area contributed by atoms with Crippen molar-refractivity contribution >= 4 is 17.5 Å². The molecule has 0 aromatic carbocycles. The lowest BCUT2D eigenvalue weighted by molar-refractivity contribution is -0.179. The third-order valence-corrected chi connectivity index (χ3v) is 9.08. The smallest absolute Gasteiger partial charge is 0.404 e. The molecule has 6 nitrogen and oxygen atoms in total. The lowest BCUT2D eigenvalue weighted by Crippen LogP contribution is -2.54. The average Bonchev–Trinajstić information content (AvgIpc) is 3.24. The molecule has 9 atom stereocenters. The van der Waals surface area contributed by atoms with E-state index in [1.807, 2.05) is 6.92 Å². The second-order valence-corrected chi connectivity index (χ2v) is 11.6. The minimum absolute atomic E-state index is 0.0154. The number of carbonyl (C=O) groups is 1. The molecule has 2 heterocycles. The molecule has 0 radical (unpaired) electrons. The molecule has 0 spiro atoms. The van der Waals surface area contributed by atoms with E-state index in [4.69, 9.17) is 21.4 Å². The van der Waals surface area contributed by atoms with Gasteiger partial charge in [0, 0.05) is 24.7 Å².